The van der Waals surface area contributed by atoms with Gasteiger partial charge in [-0.3, -0.25) is 0 Å². The van der Waals surface area contributed by atoms with Crippen LogP contribution in [0, 0.1) is 0 Å². The van der Waals surface area contributed by atoms with Crippen LogP contribution >= 0.6 is 12.4 Å². The summed E-state index contributed by atoms with van der Waals surface area (Å²) in [7, 11) is 0. The molecule has 1 atom stereocenters. The van der Waals surface area contributed by atoms with E-state index < -0.39 is 0 Å². The SMILES string of the molecule is CC(N)c1cc2ccccc2o1.Cl. The minimum Gasteiger partial charge on any atom is -0.459 e. The highest BCUT2D eigenvalue weighted by molar-refractivity contribution is 5.85. The van der Waals surface area contributed by atoms with Gasteiger partial charge in [0.2, 0.25) is 0 Å². The van der Waals surface area contributed by atoms with Crippen molar-refractivity contribution in [3.63, 3.8) is 0 Å². The molecule has 1 heterocycles. The van der Waals surface area contributed by atoms with Gasteiger partial charge in [-0.05, 0) is 19.1 Å². The maximum absolute atomic E-state index is 5.68. The Morgan fingerprint density at radius 3 is 2.62 bits per heavy atom. The van der Waals surface area contributed by atoms with E-state index in [1.165, 1.54) is 0 Å². The quantitative estimate of drug-likeness (QED) is 0.764. The Morgan fingerprint density at radius 1 is 1.31 bits per heavy atom. The van der Waals surface area contributed by atoms with Gasteiger partial charge in [-0.15, -0.1) is 12.4 Å². The molecule has 1 aromatic heterocycles. The zero-order chi connectivity index (χ0) is 8.55. The average molecular weight is 198 g/mol. The molecular formula is C10H12ClNO. The molecule has 0 fully saturated rings. The fourth-order valence-corrected chi connectivity index (χ4v) is 1.23. The molecular weight excluding hydrogens is 186 g/mol. The molecule has 0 bridgehead atoms. The van der Waals surface area contributed by atoms with E-state index in [0.29, 0.717) is 0 Å². The average Bonchev–Trinajstić information content (AvgIpc) is 2.46. The minimum atomic E-state index is -0.0302. The molecule has 2 aromatic rings. The first-order valence-corrected chi connectivity index (χ1v) is 4.01. The summed E-state index contributed by atoms with van der Waals surface area (Å²) in [5.41, 5.74) is 6.59. The molecule has 2 nitrogen and oxygen atoms in total. The van der Waals surface area contributed by atoms with Crippen molar-refractivity contribution in [3.05, 3.63) is 36.1 Å². The number of para-hydroxylation sites is 1. The van der Waals surface area contributed by atoms with Crippen LogP contribution in [0.3, 0.4) is 0 Å². The van der Waals surface area contributed by atoms with Crippen LogP contribution in [0.5, 0.6) is 0 Å². The van der Waals surface area contributed by atoms with E-state index in [-0.39, 0.29) is 18.4 Å². The number of fused-ring (bicyclic) bond motifs is 1. The van der Waals surface area contributed by atoms with Crippen LogP contribution in [0.4, 0.5) is 0 Å². The fourth-order valence-electron chi connectivity index (χ4n) is 1.23. The molecule has 0 saturated heterocycles. The first-order valence-electron chi connectivity index (χ1n) is 4.01. The van der Waals surface area contributed by atoms with Crippen molar-refractivity contribution in [2.45, 2.75) is 13.0 Å². The van der Waals surface area contributed by atoms with Gasteiger partial charge < -0.3 is 10.2 Å². The van der Waals surface area contributed by atoms with Crippen molar-refractivity contribution in [2.75, 3.05) is 0 Å². The fraction of sp³-hybridized carbons (Fsp3) is 0.200. The maximum atomic E-state index is 5.68. The number of hydrogen-bond donors (Lipinski definition) is 1. The summed E-state index contributed by atoms with van der Waals surface area (Å²) >= 11 is 0. The van der Waals surface area contributed by atoms with Crippen LogP contribution in [0.15, 0.2) is 34.7 Å². The lowest BCUT2D eigenvalue weighted by molar-refractivity contribution is 0.513. The van der Waals surface area contributed by atoms with E-state index in [4.69, 9.17) is 10.2 Å². The number of furan rings is 1. The minimum absolute atomic E-state index is 0. The zero-order valence-corrected chi connectivity index (χ0v) is 8.17. The van der Waals surface area contributed by atoms with Gasteiger partial charge in [0.05, 0.1) is 6.04 Å². The van der Waals surface area contributed by atoms with Crippen LogP contribution in [-0.4, -0.2) is 0 Å². The first kappa shape index (κ1) is 10.1. The Bertz CT molecular complexity index is 361. The Labute approximate surface area is 83.1 Å². The van der Waals surface area contributed by atoms with Gasteiger partial charge in [-0.25, -0.2) is 0 Å². The Balaban J connectivity index is 0.000000845. The molecule has 1 aromatic carbocycles. The summed E-state index contributed by atoms with van der Waals surface area (Å²) in [4.78, 5) is 0. The number of nitrogens with two attached hydrogens (primary N) is 1. The topological polar surface area (TPSA) is 39.2 Å². The number of hydrogen-bond acceptors (Lipinski definition) is 2. The third kappa shape index (κ3) is 1.85. The van der Waals surface area contributed by atoms with Gasteiger partial charge in [-0.2, -0.15) is 0 Å². The molecule has 0 aliphatic heterocycles. The molecule has 0 aliphatic carbocycles. The predicted molar refractivity (Wildman–Crippen MR) is 56.1 cm³/mol. The van der Waals surface area contributed by atoms with Crippen LogP contribution in [0.2, 0.25) is 0 Å². The zero-order valence-electron chi connectivity index (χ0n) is 7.36. The third-order valence-corrected chi connectivity index (χ3v) is 1.89. The van der Waals surface area contributed by atoms with Gasteiger partial charge in [0.25, 0.3) is 0 Å². The first-order chi connectivity index (χ1) is 5.77. The van der Waals surface area contributed by atoms with Crippen LogP contribution in [0.1, 0.15) is 18.7 Å². The summed E-state index contributed by atoms with van der Waals surface area (Å²) in [5.74, 6) is 0.844. The van der Waals surface area contributed by atoms with Crippen molar-refractivity contribution in [1.29, 1.82) is 0 Å². The van der Waals surface area contributed by atoms with Crippen molar-refractivity contribution in [2.24, 2.45) is 5.73 Å². The lowest BCUT2D eigenvalue weighted by Gasteiger charge is -1.96. The Morgan fingerprint density at radius 2 is 2.00 bits per heavy atom. The van der Waals surface area contributed by atoms with E-state index >= 15 is 0 Å². The van der Waals surface area contributed by atoms with E-state index in [2.05, 4.69) is 0 Å². The number of halogens is 1. The molecule has 0 saturated carbocycles. The molecule has 2 N–H and O–H groups in total. The third-order valence-electron chi connectivity index (χ3n) is 1.89. The molecule has 0 spiro atoms. The van der Waals surface area contributed by atoms with Crippen molar-refractivity contribution in [1.82, 2.24) is 0 Å². The molecule has 2 rings (SSSR count). The van der Waals surface area contributed by atoms with Gasteiger partial charge in [0.15, 0.2) is 0 Å². The summed E-state index contributed by atoms with van der Waals surface area (Å²) < 4.78 is 5.50. The lowest BCUT2D eigenvalue weighted by Crippen LogP contribution is -2.02. The lowest BCUT2D eigenvalue weighted by atomic mass is 10.2. The second-order valence-corrected chi connectivity index (χ2v) is 2.98. The highest BCUT2D eigenvalue weighted by Crippen LogP contribution is 2.21. The molecule has 0 radical (unpaired) electrons. The largest absolute Gasteiger partial charge is 0.459 e. The van der Waals surface area contributed by atoms with E-state index in [9.17, 15) is 0 Å². The van der Waals surface area contributed by atoms with Gasteiger partial charge in [0, 0.05) is 5.39 Å². The molecule has 0 amide bonds. The predicted octanol–water partition coefficient (Wildman–Crippen LogP) is 2.87. The van der Waals surface area contributed by atoms with Gasteiger partial charge in [0.1, 0.15) is 11.3 Å². The second kappa shape index (κ2) is 3.81. The van der Waals surface area contributed by atoms with E-state index in [1.807, 2.05) is 37.3 Å². The van der Waals surface area contributed by atoms with Crippen molar-refractivity contribution < 1.29 is 4.42 Å². The molecule has 13 heavy (non-hydrogen) atoms. The summed E-state index contributed by atoms with van der Waals surface area (Å²) in [6.07, 6.45) is 0. The van der Waals surface area contributed by atoms with Crippen LogP contribution < -0.4 is 5.73 Å². The second-order valence-electron chi connectivity index (χ2n) is 2.98. The standard InChI is InChI=1S/C10H11NO.ClH/c1-7(11)10-6-8-4-2-3-5-9(8)12-10;/h2-7H,11H2,1H3;1H. The molecule has 0 aliphatic rings. The number of rotatable bonds is 1. The monoisotopic (exact) mass is 197 g/mol. The smallest absolute Gasteiger partial charge is 0.134 e. The Kier molecular flexibility index (Phi) is 2.96. The highest BCUT2D eigenvalue weighted by Gasteiger charge is 2.05. The molecule has 1 unspecified atom stereocenters. The molecule has 3 heteroatoms. The summed E-state index contributed by atoms with van der Waals surface area (Å²) in [5, 5.41) is 1.12. The van der Waals surface area contributed by atoms with E-state index in [1.54, 1.807) is 0 Å². The maximum Gasteiger partial charge on any atom is 0.134 e. The molecule has 70 valence electrons. The Hall–Kier alpha value is -0.990. The van der Waals surface area contributed by atoms with E-state index in [0.717, 1.165) is 16.7 Å². The summed E-state index contributed by atoms with van der Waals surface area (Å²) in [6.45, 7) is 1.91. The van der Waals surface area contributed by atoms with Crippen molar-refractivity contribution >= 4 is 23.4 Å². The normalized spacial score (nSPS) is 12.5. The van der Waals surface area contributed by atoms with Crippen LogP contribution in [-0.2, 0) is 0 Å². The van der Waals surface area contributed by atoms with Gasteiger partial charge in [-0.1, -0.05) is 18.2 Å². The summed E-state index contributed by atoms with van der Waals surface area (Å²) in [6, 6.07) is 9.86. The number of benzene rings is 1. The highest BCUT2D eigenvalue weighted by atomic mass is 35.5. The van der Waals surface area contributed by atoms with Gasteiger partial charge >= 0.3 is 0 Å². The van der Waals surface area contributed by atoms with Crippen molar-refractivity contribution in [3.8, 4) is 0 Å². The van der Waals surface area contributed by atoms with Crippen LogP contribution in [0.25, 0.3) is 11.0 Å².